The number of benzene rings is 2. The minimum absolute atomic E-state index is 0.128. The van der Waals surface area contributed by atoms with Crippen LogP contribution < -0.4 is 5.32 Å². The summed E-state index contributed by atoms with van der Waals surface area (Å²) >= 11 is 0. The Bertz CT molecular complexity index is 910. The maximum atomic E-state index is 13.0. The number of aryl methyl sites for hydroxylation is 1. The number of carbonyl (C=O) groups excluding carboxylic acids is 2. The summed E-state index contributed by atoms with van der Waals surface area (Å²) in [5, 5.41) is 2.92. The fourth-order valence-corrected chi connectivity index (χ4v) is 4.04. The first-order valence-corrected chi connectivity index (χ1v) is 10.2. The Hall–Kier alpha value is -2.92. The molecule has 0 aliphatic carbocycles. The highest BCUT2D eigenvalue weighted by atomic mass is 16.2. The van der Waals surface area contributed by atoms with Crippen molar-refractivity contribution >= 4 is 17.5 Å². The van der Waals surface area contributed by atoms with Crippen LogP contribution in [0.5, 0.6) is 0 Å². The Kier molecular flexibility index (Phi) is 5.49. The second kappa shape index (κ2) is 8.21. The number of hydrogen-bond acceptors (Lipinski definition) is 3. The van der Waals surface area contributed by atoms with E-state index in [0.29, 0.717) is 13.1 Å². The summed E-state index contributed by atoms with van der Waals surface area (Å²) in [5.41, 5.74) is 2.90. The van der Waals surface area contributed by atoms with Crippen LogP contribution >= 0.6 is 0 Å². The summed E-state index contributed by atoms with van der Waals surface area (Å²) in [6, 6.07) is 20.1. The van der Waals surface area contributed by atoms with Crippen LogP contribution in [0.25, 0.3) is 5.57 Å². The van der Waals surface area contributed by atoms with Crippen LogP contribution in [0.1, 0.15) is 30.9 Å². The first-order chi connectivity index (χ1) is 14.0. The molecule has 0 spiro atoms. The SMILES string of the molecule is CC1(CCc2ccccc2)NC(=O)N(CN2CC=C(c3ccccc3)CC2)C1=O. The van der Waals surface area contributed by atoms with Crippen LogP contribution in [0.4, 0.5) is 4.79 Å². The third-order valence-corrected chi connectivity index (χ3v) is 5.88. The second-order valence-electron chi connectivity index (χ2n) is 8.04. The number of imide groups is 1. The Morgan fingerprint density at radius 2 is 1.69 bits per heavy atom. The number of rotatable bonds is 6. The minimum atomic E-state index is -0.840. The number of hydrogen-bond donors (Lipinski definition) is 1. The standard InChI is InChI=1S/C24H27N3O2/c1-24(15-12-19-8-4-2-5-9-19)22(28)27(23(29)25-24)18-26-16-13-21(14-17-26)20-10-6-3-7-11-20/h2-11,13H,12,14-18H2,1H3,(H,25,29). The van der Waals surface area contributed by atoms with E-state index in [1.54, 1.807) is 0 Å². The molecule has 0 saturated carbocycles. The Labute approximate surface area is 172 Å². The molecular formula is C24H27N3O2. The van der Waals surface area contributed by atoms with E-state index < -0.39 is 5.54 Å². The molecule has 3 amide bonds. The van der Waals surface area contributed by atoms with Crippen LogP contribution in [-0.2, 0) is 11.2 Å². The van der Waals surface area contributed by atoms with Gasteiger partial charge in [0.15, 0.2) is 0 Å². The molecule has 2 aliphatic heterocycles. The molecule has 0 aromatic heterocycles. The molecule has 5 nitrogen and oxygen atoms in total. The summed E-state index contributed by atoms with van der Waals surface area (Å²) in [7, 11) is 0. The second-order valence-corrected chi connectivity index (χ2v) is 8.04. The molecule has 2 aromatic carbocycles. The van der Waals surface area contributed by atoms with Crippen LogP contribution in [0, 0.1) is 0 Å². The number of amides is 3. The summed E-state index contributed by atoms with van der Waals surface area (Å²) in [4.78, 5) is 29.1. The summed E-state index contributed by atoms with van der Waals surface area (Å²) in [6.45, 7) is 3.74. The van der Waals surface area contributed by atoms with Crippen molar-refractivity contribution in [3.05, 3.63) is 77.9 Å². The Morgan fingerprint density at radius 3 is 2.34 bits per heavy atom. The van der Waals surface area contributed by atoms with Crippen molar-refractivity contribution in [1.29, 1.82) is 0 Å². The lowest BCUT2D eigenvalue weighted by Gasteiger charge is -2.29. The summed E-state index contributed by atoms with van der Waals surface area (Å²) in [6.07, 6.45) is 4.46. The van der Waals surface area contributed by atoms with Gasteiger partial charge in [-0.15, -0.1) is 0 Å². The molecule has 2 aliphatic rings. The molecule has 29 heavy (non-hydrogen) atoms. The zero-order chi connectivity index (χ0) is 20.3. The lowest BCUT2D eigenvalue weighted by molar-refractivity contribution is -0.132. The van der Waals surface area contributed by atoms with Crippen molar-refractivity contribution in [3.63, 3.8) is 0 Å². The highest BCUT2D eigenvalue weighted by Gasteiger charge is 2.47. The Balaban J connectivity index is 1.36. The molecule has 1 N–H and O–H groups in total. The molecule has 1 unspecified atom stereocenters. The van der Waals surface area contributed by atoms with E-state index in [9.17, 15) is 9.59 Å². The average molecular weight is 389 g/mol. The van der Waals surface area contributed by atoms with Crippen molar-refractivity contribution in [2.24, 2.45) is 0 Å². The zero-order valence-electron chi connectivity index (χ0n) is 16.8. The van der Waals surface area contributed by atoms with Gasteiger partial charge in [-0.3, -0.25) is 9.69 Å². The molecule has 2 heterocycles. The van der Waals surface area contributed by atoms with E-state index in [1.807, 2.05) is 55.5 Å². The van der Waals surface area contributed by atoms with Gasteiger partial charge in [0.2, 0.25) is 0 Å². The van der Waals surface area contributed by atoms with Crippen molar-refractivity contribution in [1.82, 2.24) is 15.1 Å². The number of carbonyl (C=O) groups is 2. The third kappa shape index (κ3) is 4.25. The number of urea groups is 1. The van der Waals surface area contributed by atoms with Gasteiger partial charge in [-0.2, -0.15) is 0 Å². The molecule has 0 bridgehead atoms. The van der Waals surface area contributed by atoms with Gasteiger partial charge in [0.1, 0.15) is 5.54 Å². The lowest BCUT2D eigenvalue weighted by atomic mass is 9.93. The lowest BCUT2D eigenvalue weighted by Crippen LogP contribution is -2.46. The minimum Gasteiger partial charge on any atom is -0.323 e. The van der Waals surface area contributed by atoms with E-state index in [2.05, 4.69) is 28.4 Å². The molecule has 0 radical (unpaired) electrons. The summed E-state index contributed by atoms with van der Waals surface area (Å²) in [5.74, 6) is -0.128. The van der Waals surface area contributed by atoms with Gasteiger partial charge in [-0.1, -0.05) is 66.7 Å². The molecular weight excluding hydrogens is 362 g/mol. The molecule has 150 valence electrons. The van der Waals surface area contributed by atoms with Crippen LogP contribution in [0.15, 0.2) is 66.7 Å². The van der Waals surface area contributed by atoms with Crippen molar-refractivity contribution in [2.45, 2.75) is 31.7 Å². The summed E-state index contributed by atoms with van der Waals surface area (Å²) < 4.78 is 0. The van der Waals surface area contributed by atoms with Gasteiger partial charge in [0, 0.05) is 13.1 Å². The van der Waals surface area contributed by atoms with Crippen molar-refractivity contribution < 1.29 is 9.59 Å². The first-order valence-electron chi connectivity index (χ1n) is 10.2. The molecule has 1 atom stereocenters. The van der Waals surface area contributed by atoms with Crippen LogP contribution in [0.3, 0.4) is 0 Å². The molecule has 2 aromatic rings. The predicted molar refractivity (Wildman–Crippen MR) is 114 cm³/mol. The van der Waals surface area contributed by atoms with Gasteiger partial charge in [-0.25, -0.2) is 9.69 Å². The quantitative estimate of drug-likeness (QED) is 0.767. The topological polar surface area (TPSA) is 52.7 Å². The van der Waals surface area contributed by atoms with E-state index in [1.165, 1.54) is 21.6 Å². The van der Waals surface area contributed by atoms with Crippen LogP contribution in [-0.4, -0.2) is 47.0 Å². The van der Waals surface area contributed by atoms with Gasteiger partial charge < -0.3 is 5.32 Å². The van der Waals surface area contributed by atoms with Crippen molar-refractivity contribution in [2.75, 3.05) is 19.8 Å². The highest BCUT2D eigenvalue weighted by molar-refractivity contribution is 6.06. The normalized spacial score (nSPS) is 22.5. The fraction of sp³-hybridized carbons (Fsp3) is 0.333. The third-order valence-electron chi connectivity index (χ3n) is 5.88. The van der Waals surface area contributed by atoms with Gasteiger partial charge >= 0.3 is 6.03 Å². The zero-order valence-corrected chi connectivity index (χ0v) is 16.8. The predicted octanol–water partition coefficient (Wildman–Crippen LogP) is 3.68. The number of nitrogens with zero attached hydrogens (tertiary/aromatic N) is 2. The van der Waals surface area contributed by atoms with Gasteiger partial charge in [-0.05, 0) is 42.9 Å². The smallest absolute Gasteiger partial charge is 0.323 e. The molecule has 1 fully saturated rings. The average Bonchev–Trinajstić information content (AvgIpc) is 2.97. The monoisotopic (exact) mass is 389 g/mol. The van der Waals surface area contributed by atoms with Gasteiger partial charge in [0.05, 0.1) is 6.67 Å². The molecule has 5 heteroatoms. The van der Waals surface area contributed by atoms with Gasteiger partial charge in [0.25, 0.3) is 5.91 Å². The number of nitrogens with one attached hydrogen (secondary N) is 1. The van der Waals surface area contributed by atoms with E-state index in [-0.39, 0.29) is 11.9 Å². The first kappa shape index (κ1) is 19.4. The van der Waals surface area contributed by atoms with Crippen molar-refractivity contribution in [3.8, 4) is 0 Å². The maximum absolute atomic E-state index is 13.0. The largest absolute Gasteiger partial charge is 0.326 e. The fourth-order valence-electron chi connectivity index (χ4n) is 4.04. The Morgan fingerprint density at radius 1 is 1.00 bits per heavy atom. The maximum Gasteiger partial charge on any atom is 0.326 e. The molecule has 1 saturated heterocycles. The molecule has 4 rings (SSSR count). The highest BCUT2D eigenvalue weighted by Crippen LogP contribution is 2.26. The van der Waals surface area contributed by atoms with E-state index >= 15 is 0 Å². The van der Waals surface area contributed by atoms with E-state index in [4.69, 9.17) is 0 Å². The van der Waals surface area contributed by atoms with E-state index in [0.717, 1.165) is 25.9 Å². The van der Waals surface area contributed by atoms with Crippen LogP contribution in [0.2, 0.25) is 0 Å².